The van der Waals surface area contributed by atoms with Crippen LogP contribution < -0.4 is 0 Å². The normalized spacial score (nSPS) is 18.7. The maximum atomic E-state index is 4.65. The van der Waals surface area contributed by atoms with E-state index in [0.717, 1.165) is 54.2 Å². The molecule has 0 atom stereocenters. The van der Waals surface area contributed by atoms with Gasteiger partial charge in [0.1, 0.15) is 13.1 Å². The lowest BCUT2D eigenvalue weighted by Crippen LogP contribution is -2.07. The number of benzene rings is 1. The molecule has 3 nitrogen and oxygen atoms in total. The Hall–Kier alpha value is 0.330. The van der Waals surface area contributed by atoms with Crippen LogP contribution in [0.4, 0.5) is 0 Å². The average molecular weight is 514 g/mol. The van der Waals surface area contributed by atoms with Crippen molar-refractivity contribution in [2.75, 3.05) is 36.9 Å². The second kappa shape index (κ2) is 11.5. The van der Waals surface area contributed by atoms with Crippen LogP contribution in [0.2, 0.25) is 0 Å². The van der Waals surface area contributed by atoms with E-state index < -0.39 is 0 Å². The largest absolute Gasteiger partial charge is 0.271 e. The highest BCUT2D eigenvalue weighted by atomic mass is 32.2. The Morgan fingerprint density at radius 2 is 0.867 bits per heavy atom. The van der Waals surface area contributed by atoms with Gasteiger partial charge in [-0.05, 0) is 54.2 Å². The Morgan fingerprint density at radius 3 is 1.10 bits per heavy atom. The number of thioether (sulfide) groups is 6. The Kier molecular flexibility index (Phi) is 8.97. The van der Waals surface area contributed by atoms with Crippen LogP contribution in [0.3, 0.4) is 0 Å². The highest BCUT2D eigenvalue weighted by molar-refractivity contribution is 8.39. The van der Waals surface area contributed by atoms with Crippen molar-refractivity contribution < 1.29 is 0 Å². The second-order valence-corrected chi connectivity index (χ2v) is 14.1. The third kappa shape index (κ3) is 5.81. The van der Waals surface area contributed by atoms with Gasteiger partial charge < -0.3 is 0 Å². The minimum absolute atomic E-state index is 0.974. The van der Waals surface area contributed by atoms with E-state index >= 15 is 0 Å². The van der Waals surface area contributed by atoms with E-state index in [4.69, 9.17) is 0 Å². The first kappa shape index (κ1) is 23.5. The molecule has 3 aliphatic rings. The van der Waals surface area contributed by atoms with E-state index in [-0.39, 0.29) is 0 Å². The molecule has 4 rings (SSSR count). The summed E-state index contributed by atoms with van der Waals surface area (Å²) in [6.45, 7) is 9.90. The van der Waals surface area contributed by atoms with Crippen molar-refractivity contribution in [2.24, 2.45) is 15.0 Å². The summed E-state index contributed by atoms with van der Waals surface area (Å²) in [5.74, 6) is 6.46. The fourth-order valence-electron chi connectivity index (χ4n) is 3.65. The summed E-state index contributed by atoms with van der Waals surface area (Å²) < 4.78 is 3.78. The summed E-state index contributed by atoms with van der Waals surface area (Å²) in [6.07, 6.45) is 0. The van der Waals surface area contributed by atoms with Crippen molar-refractivity contribution in [3.63, 3.8) is 0 Å². The molecule has 0 N–H and O–H groups in total. The van der Waals surface area contributed by atoms with Crippen molar-refractivity contribution in [3.05, 3.63) is 33.4 Å². The SMILES string of the molecule is Cc1c(CSC2=NCCS2)c(C)c(CSC2=NCCS2)c(C)c1CSC1=NCCS1. The van der Waals surface area contributed by atoms with Crippen molar-refractivity contribution in [3.8, 4) is 0 Å². The number of hydrogen-bond acceptors (Lipinski definition) is 9. The Bertz CT molecular complexity index is 758. The molecule has 3 heterocycles. The fourth-order valence-corrected chi connectivity index (χ4v) is 10.2. The highest BCUT2D eigenvalue weighted by Gasteiger charge is 2.20. The summed E-state index contributed by atoms with van der Waals surface area (Å²) >= 11 is 11.5. The zero-order valence-corrected chi connectivity index (χ0v) is 22.6. The molecule has 3 aliphatic heterocycles. The summed E-state index contributed by atoms with van der Waals surface area (Å²) in [7, 11) is 0. The quantitative estimate of drug-likeness (QED) is 0.425. The zero-order chi connectivity index (χ0) is 20.9. The molecule has 0 amide bonds. The molecule has 0 aromatic heterocycles. The van der Waals surface area contributed by atoms with E-state index in [1.54, 1.807) is 0 Å². The van der Waals surface area contributed by atoms with E-state index in [9.17, 15) is 0 Å². The van der Waals surface area contributed by atoms with Gasteiger partial charge in [0.2, 0.25) is 0 Å². The molecule has 0 unspecified atom stereocenters. The fraction of sp³-hybridized carbons (Fsp3) is 0.571. The van der Waals surface area contributed by atoms with Crippen LogP contribution in [-0.4, -0.2) is 50.0 Å². The third-order valence-corrected chi connectivity index (χ3v) is 12.2. The number of rotatable bonds is 6. The first-order valence-corrected chi connectivity index (χ1v) is 16.1. The lowest BCUT2D eigenvalue weighted by Gasteiger charge is -2.22. The second-order valence-electron chi connectivity index (χ2n) is 7.16. The van der Waals surface area contributed by atoms with Crippen LogP contribution in [0.5, 0.6) is 0 Å². The smallest absolute Gasteiger partial charge is 0.124 e. The Morgan fingerprint density at radius 1 is 0.567 bits per heavy atom. The summed E-state index contributed by atoms with van der Waals surface area (Å²) in [6, 6.07) is 0. The minimum Gasteiger partial charge on any atom is -0.271 e. The van der Waals surface area contributed by atoms with Gasteiger partial charge in [-0.25, -0.2) is 0 Å². The van der Waals surface area contributed by atoms with Gasteiger partial charge in [0.05, 0.1) is 19.6 Å². The lowest BCUT2D eigenvalue weighted by molar-refractivity contribution is 1.10. The van der Waals surface area contributed by atoms with Gasteiger partial charge in [-0.2, -0.15) is 0 Å². The summed E-state index contributed by atoms with van der Waals surface area (Å²) in [5.41, 5.74) is 8.94. The maximum absolute atomic E-state index is 4.65. The average Bonchev–Trinajstić information content (AvgIpc) is 3.51. The van der Waals surface area contributed by atoms with Gasteiger partial charge in [0, 0.05) is 34.5 Å². The standard InChI is InChI=1S/C21H27N3S6/c1-13-16(10-28-19-22-4-7-25-19)14(2)18(12-30-21-24-6-9-27-21)15(3)17(13)11-29-20-23-5-8-26-20/h4-12H2,1-3H3. The molecule has 1 aromatic rings. The number of nitrogens with zero attached hydrogens (tertiary/aromatic N) is 3. The van der Waals surface area contributed by atoms with Crippen molar-refractivity contribution in [1.29, 1.82) is 0 Å². The Labute approximate surface area is 205 Å². The Balaban J connectivity index is 1.59. The molecule has 0 aliphatic carbocycles. The van der Waals surface area contributed by atoms with Crippen molar-refractivity contribution >= 4 is 83.7 Å². The minimum atomic E-state index is 0.974. The first-order chi connectivity index (χ1) is 14.6. The predicted octanol–water partition coefficient (Wildman–Crippen LogP) is 6.62. The zero-order valence-electron chi connectivity index (χ0n) is 17.7. The molecule has 162 valence electrons. The van der Waals surface area contributed by atoms with E-state index in [1.807, 2.05) is 70.6 Å². The maximum Gasteiger partial charge on any atom is 0.124 e. The van der Waals surface area contributed by atoms with Crippen molar-refractivity contribution in [2.45, 2.75) is 38.0 Å². The van der Waals surface area contributed by atoms with Gasteiger partial charge in [0.25, 0.3) is 0 Å². The molecule has 30 heavy (non-hydrogen) atoms. The monoisotopic (exact) mass is 513 g/mol. The van der Waals surface area contributed by atoms with Gasteiger partial charge in [-0.1, -0.05) is 70.6 Å². The van der Waals surface area contributed by atoms with Crippen LogP contribution in [0, 0.1) is 20.8 Å². The molecule has 9 heteroatoms. The van der Waals surface area contributed by atoms with Crippen molar-refractivity contribution in [1.82, 2.24) is 0 Å². The highest BCUT2D eigenvalue weighted by Crippen LogP contribution is 2.37. The lowest BCUT2D eigenvalue weighted by atomic mass is 9.90. The molecule has 0 saturated heterocycles. The summed E-state index contributed by atoms with van der Waals surface area (Å²) in [5, 5.41) is 0. The number of hydrogen-bond donors (Lipinski definition) is 0. The first-order valence-electron chi connectivity index (χ1n) is 10.1. The van der Waals surface area contributed by atoms with Crippen LogP contribution in [0.15, 0.2) is 15.0 Å². The molecule has 0 radical (unpaired) electrons. The van der Waals surface area contributed by atoms with Crippen LogP contribution in [0.25, 0.3) is 0 Å². The predicted molar refractivity (Wildman–Crippen MR) is 149 cm³/mol. The van der Waals surface area contributed by atoms with E-state index in [1.165, 1.54) is 46.5 Å². The van der Waals surface area contributed by atoms with Gasteiger partial charge in [0.15, 0.2) is 0 Å². The van der Waals surface area contributed by atoms with Crippen LogP contribution in [-0.2, 0) is 17.3 Å². The molecule has 1 aromatic carbocycles. The van der Waals surface area contributed by atoms with E-state index in [2.05, 4.69) is 35.7 Å². The van der Waals surface area contributed by atoms with Gasteiger partial charge in [-0.15, -0.1) is 0 Å². The van der Waals surface area contributed by atoms with Gasteiger partial charge >= 0.3 is 0 Å². The number of aliphatic imine (C=N–C) groups is 3. The van der Waals surface area contributed by atoms with Crippen LogP contribution >= 0.6 is 70.6 Å². The molecule has 0 bridgehead atoms. The van der Waals surface area contributed by atoms with E-state index in [0.29, 0.717) is 0 Å². The third-order valence-electron chi connectivity index (χ3n) is 5.41. The summed E-state index contributed by atoms with van der Waals surface area (Å²) in [4.78, 5) is 13.9. The molecule has 0 spiro atoms. The van der Waals surface area contributed by atoms with Gasteiger partial charge in [-0.3, -0.25) is 15.0 Å². The molecule has 0 fully saturated rings. The topological polar surface area (TPSA) is 37.1 Å². The molecule has 0 saturated carbocycles. The molecular formula is C21H27N3S6. The van der Waals surface area contributed by atoms with Crippen LogP contribution in [0.1, 0.15) is 33.4 Å². The molecular weight excluding hydrogens is 487 g/mol.